The molecule has 3 aromatic carbocycles. The summed E-state index contributed by atoms with van der Waals surface area (Å²) < 4.78 is 34.5. The first-order chi connectivity index (χ1) is 20.6. The molecular weight excluding hydrogens is 586 g/mol. The SMILES string of the molecule is CC[C@@H](C(=O)NC1CCCCC1)N(Cc1cccc(OC)c1)C(=O)CN(c1ccc(Cl)cc1)S(=O)(=O)c1ccc(C)cc1. The van der Waals surface area contributed by atoms with Crippen molar-refractivity contribution < 1.29 is 22.7 Å². The summed E-state index contributed by atoms with van der Waals surface area (Å²) in [4.78, 5) is 29.5. The van der Waals surface area contributed by atoms with Gasteiger partial charge in [-0.15, -0.1) is 0 Å². The second-order valence-electron chi connectivity index (χ2n) is 10.9. The second kappa shape index (κ2) is 14.8. The highest BCUT2D eigenvalue weighted by Gasteiger charge is 2.34. The molecule has 230 valence electrons. The van der Waals surface area contributed by atoms with E-state index in [4.69, 9.17) is 16.3 Å². The van der Waals surface area contributed by atoms with Crippen LogP contribution in [0.3, 0.4) is 0 Å². The van der Waals surface area contributed by atoms with Gasteiger partial charge in [-0.2, -0.15) is 0 Å². The van der Waals surface area contributed by atoms with Gasteiger partial charge in [0, 0.05) is 17.6 Å². The number of carbonyl (C=O) groups is 2. The molecule has 3 aromatic rings. The van der Waals surface area contributed by atoms with E-state index in [1.165, 1.54) is 17.0 Å². The van der Waals surface area contributed by atoms with Crippen LogP contribution in [0.1, 0.15) is 56.6 Å². The largest absolute Gasteiger partial charge is 0.497 e. The van der Waals surface area contributed by atoms with Crippen LogP contribution in [-0.4, -0.2) is 50.9 Å². The summed E-state index contributed by atoms with van der Waals surface area (Å²) in [6.07, 6.45) is 5.44. The molecule has 4 rings (SSSR count). The van der Waals surface area contributed by atoms with E-state index in [0.717, 1.165) is 47.5 Å². The van der Waals surface area contributed by atoms with E-state index >= 15 is 0 Å². The van der Waals surface area contributed by atoms with Crippen LogP contribution in [0.4, 0.5) is 5.69 Å². The van der Waals surface area contributed by atoms with Crippen LogP contribution in [0, 0.1) is 6.92 Å². The number of carbonyl (C=O) groups excluding carboxylic acids is 2. The number of nitrogens with one attached hydrogen (secondary N) is 1. The highest BCUT2D eigenvalue weighted by atomic mass is 35.5. The van der Waals surface area contributed by atoms with Crippen LogP contribution in [0.15, 0.2) is 77.7 Å². The first-order valence-corrected chi connectivity index (χ1v) is 16.5. The Morgan fingerprint density at radius 2 is 1.67 bits per heavy atom. The molecule has 10 heteroatoms. The van der Waals surface area contributed by atoms with Crippen LogP contribution in [0.25, 0.3) is 0 Å². The molecule has 0 aliphatic heterocycles. The fourth-order valence-electron chi connectivity index (χ4n) is 5.40. The van der Waals surface area contributed by atoms with Gasteiger partial charge >= 0.3 is 0 Å². The lowest BCUT2D eigenvalue weighted by Gasteiger charge is -2.34. The van der Waals surface area contributed by atoms with Crippen molar-refractivity contribution in [2.45, 2.75) is 75.9 Å². The molecule has 1 aliphatic rings. The van der Waals surface area contributed by atoms with Gasteiger partial charge in [0.25, 0.3) is 10.0 Å². The molecule has 0 bridgehead atoms. The molecule has 1 saturated carbocycles. The van der Waals surface area contributed by atoms with Crippen molar-refractivity contribution in [2.75, 3.05) is 18.0 Å². The average molecular weight is 626 g/mol. The molecule has 8 nitrogen and oxygen atoms in total. The molecule has 0 aromatic heterocycles. The van der Waals surface area contributed by atoms with Gasteiger partial charge in [-0.05, 0) is 80.3 Å². The first kappa shape index (κ1) is 32.4. The molecule has 2 amide bonds. The number of halogens is 1. The summed E-state index contributed by atoms with van der Waals surface area (Å²) in [6, 6.07) is 19.4. The van der Waals surface area contributed by atoms with E-state index < -0.39 is 28.5 Å². The van der Waals surface area contributed by atoms with Gasteiger partial charge in [0.2, 0.25) is 11.8 Å². The third-order valence-corrected chi connectivity index (χ3v) is 9.87. The van der Waals surface area contributed by atoms with Gasteiger partial charge in [-0.3, -0.25) is 13.9 Å². The van der Waals surface area contributed by atoms with Crippen molar-refractivity contribution >= 4 is 39.1 Å². The third-order valence-electron chi connectivity index (χ3n) is 7.83. The van der Waals surface area contributed by atoms with Crippen LogP contribution in [0.5, 0.6) is 5.75 Å². The maximum atomic E-state index is 14.3. The summed E-state index contributed by atoms with van der Waals surface area (Å²) in [5.41, 5.74) is 1.96. The number of ether oxygens (including phenoxy) is 1. The Morgan fingerprint density at radius 1 is 1.00 bits per heavy atom. The lowest BCUT2D eigenvalue weighted by atomic mass is 9.95. The number of methoxy groups -OCH3 is 1. The maximum absolute atomic E-state index is 14.3. The normalized spacial score (nSPS) is 14.5. The minimum Gasteiger partial charge on any atom is -0.497 e. The number of nitrogens with zero attached hydrogens (tertiary/aromatic N) is 2. The average Bonchev–Trinajstić information content (AvgIpc) is 3.01. The zero-order valence-electron chi connectivity index (χ0n) is 25.0. The topological polar surface area (TPSA) is 96.0 Å². The molecule has 1 aliphatic carbocycles. The molecule has 0 radical (unpaired) electrons. The lowest BCUT2D eigenvalue weighted by Crippen LogP contribution is -2.54. The van der Waals surface area contributed by atoms with E-state index in [2.05, 4.69) is 5.32 Å². The summed E-state index contributed by atoms with van der Waals surface area (Å²) in [6.45, 7) is 3.33. The first-order valence-electron chi connectivity index (χ1n) is 14.7. The summed E-state index contributed by atoms with van der Waals surface area (Å²) >= 11 is 6.11. The number of hydrogen-bond acceptors (Lipinski definition) is 5. The number of rotatable bonds is 12. The molecule has 1 atom stereocenters. The number of hydrogen-bond donors (Lipinski definition) is 1. The number of aryl methyl sites for hydroxylation is 1. The molecule has 1 fully saturated rings. The molecule has 1 N–H and O–H groups in total. The maximum Gasteiger partial charge on any atom is 0.264 e. The van der Waals surface area contributed by atoms with Crippen molar-refractivity contribution in [3.05, 3.63) is 88.9 Å². The smallest absolute Gasteiger partial charge is 0.264 e. The minimum atomic E-state index is -4.15. The fraction of sp³-hybridized carbons (Fsp3) is 0.394. The fourth-order valence-corrected chi connectivity index (χ4v) is 6.95. The van der Waals surface area contributed by atoms with Crippen molar-refractivity contribution in [2.24, 2.45) is 0 Å². The highest BCUT2D eigenvalue weighted by molar-refractivity contribution is 7.92. The molecular formula is C33H40ClN3O5S. The lowest BCUT2D eigenvalue weighted by molar-refractivity contribution is -0.140. The van der Waals surface area contributed by atoms with Crippen LogP contribution in [0.2, 0.25) is 5.02 Å². The summed E-state index contributed by atoms with van der Waals surface area (Å²) in [5, 5.41) is 3.60. The van der Waals surface area contributed by atoms with Crippen molar-refractivity contribution in [1.82, 2.24) is 10.2 Å². The van der Waals surface area contributed by atoms with Gasteiger partial charge in [-0.1, -0.05) is 67.6 Å². The van der Waals surface area contributed by atoms with Crippen molar-refractivity contribution in [1.29, 1.82) is 0 Å². The molecule has 0 saturated heterocycles. The van der Waals surface area contributed by atoms with Crippen LogP contribution >= 0.6 is 11.6 Å². The van der Waals surface area contributed by atoms with Crippen molar-refractivity contribution in [3.63, 3.8) is 0 Å². The third kappa shape index (κ3) is 8.30. The Kier molecular flexibility index (Phi) is 11.1. The van der Waals surface area contributed by atoms with Crippen LogP contribution < -0.4 is 14.4 Å². The van der Waals surface area contributed by atoms with Gasteiger partial charge in [-0.25, -0.2) is 8.42 Å². The molecule has 0 heterocycles. The number of benzene rings is 3. The zero-order chi connectivity index (χ0) is 31.0. The Bertz CT molecular complexity index is 1490. The van der Waals surface area contributed by atoms with E-state index in [-0.39, 0.29) is 23.4 Å². The highest BCUT2D eigenvalue weighted by Crippen LogP contribution is 2.27. The van der Waals surface area contributed by atoms with E-state index in [9.17, 15) is 18.0 Å². The van der Waals surface area contributed by atoms with Crippen LogP contribution in [-0.2, 0) is 26.2 Å². The van der Waals surface area contributed by atoms with Crippen molar-refractivity contribution in [3.8, 4) is 5.75 Å². The monoisotopic (exact) mass is 625 g/mol. The Balaban J connectivity index is 1.71. The van der Waals surface area contributed by atoms with E-state index in [1.54, 1.807) is 49.6 Å². The summed E-state index contributed by atoms with van der Waals surface area (Å²) in [7, 11) is -2.59. The van der Waals surface area contributed by atoms with E-state index in [1.807, 2.05) is 32.0 Å². The molecule has 0 unspecified atom stereocenters. The van der Waals surface area contributed by atoms with E-state index in [0.29, 0.717) is 22.9 Å². The van der Waals surface area contributed by atoms with Gasteiger partial charge < -0.3 is 15.0 Å². The minimum absolute atomic E-state index is 0.0577. The van der Waals surface area contributed by atoms with Gasteiger partial charge in [0.15, 0.2) is 0 Å². The Labute approximate surface area is 260 Å². The van der Waals surface area contributed by atoms with Gasteiger partial charge in [0.05, 0.1) is 17.7 Å². The second-order valence-corrected chi connectivity index (χ2v) is 13.2. The number of amides is 2. The Morgan fingerprint density at radius 3 is 2.30 bits per heavy atom. The molecule has 0 spiro atoms. The zero-order valence-corrected chi connectivity index (χ0v) is 26.5. The summed E-state index contributed by atoms with van der Waals surface area (Å²) in [5.74, 6) is -0.112. The van der Waals surface area contributed by atoms with Gasteiger partial charge in [0.1, 0.15) is 18.3 Å². The predicted octanol–water partition coefficient (Wildman–Crippen LogP) is 6.11. The predicted molar refractivity (Wildman–Crippen MR) is 170 cm³/mol. The standard InChI is InChI=1S/C33H40ClN3O5S/c1-4-31(33(39)35-27-10-6-5-7-11-27)36(22-25-9-8-12-29(21-25)42-3)32(38)23-37(28-17-15-26(34)16-18-28)43(40,41)30-19-13-24(2)14-20-30/h8-9,12-21,27,31H,4-7,10-11,22-23H2,1-3H3,(H,35,39)/t31-/m0/s1. The Hall–Kier alpha value is -3.56. The quantitative estimate of drug-likeness (QED) is 0.262. The molecule has 43 heavy (non-hydrogen) atoms. The number of sulfonamides is 1. The number of anilines is 1.